The summed E-state index contributed by atoms with van der Waals surface area (Å²) in [5.41, 5.74) is 0. The molecule has 1 saturated heterocycles. The summed E-state index contributed by atoms with van der Waals surface area (Å²) in [6, 6.07) is 1.49. The van der Waals surface area contributed by atoms with E-state index in [2.05, 4.69) is 38.0 Å². The van der Waals surface area contributed by atoms with Crippen molar-refractivity contribution in [1.82, 2.24) is 10.2 Å². The molecule has 2 unspecified atom stereocenters. The monoisotopic (exact) mass is 212 g/mol. The highest BCUT2D eigenvalue weighted by atomic mass is 15.2. The molecule has 0 aromatic heterocycles. The molecule has 0 spiro atoms. The van der Waals surface area contributed by atoms with Gasteiger partial charge >= 0.3 is 0 Å². The minimum atomic E-state index is 0.669. The van der Waals surface area contributed by atoms with Crippen LogP contribution in [0.5, 0.6) is 0 Å². The summed E-state index contributed by atoms with van der Waals surface area (Å²) in [6.07, 6.45) is 5.39. The lowest BCUT2D eigenvalue weighted by Gasteiger charge is -2.39. The van der Waals surface area contributed by atoms with Crippen molar-refractivity contribution in [3.63, 3.8) is 0 Å². The third kappa shape index (κ3) is 3.46. The van der Waals surface area contributed by atoms with Crippen LogP contribution in [-0.2, 0) is 0 Å². The fourth-order valence-electron chi connectivity index (χ4n) is 2.82. The van der Waals surface area contributed by atoms with Gasteiger partial charge in [0.2, 0.25) is 0 Å². The summed E-state index contributed by atoms with van der Waals surface area (Å²) in [6.45, 7) is 9.58. The number of likely N-dealkylation sites (tertiary alicyclic amines) is 1. The zero-order valence-electron chi connectivity index (χ0n) is 10.9. The average Bonchev–Trinajstić information content (AvgIpc) is 2.30. The zero-order valence-corrected chi connectivity index (χ0v) is 10.9. The third-order valence-electron chi connectivity index (χ3n) is 4.11. The van der Waals surface area contributed by atoms with Crippen LogP contribution in [0.3, 0.4) is 0 Å². The van der Waals surface area contributed by atoms with E-state index in [1.54, 1.807) is 0 Å². The lowest BCUT2D eigenvalue weighted by molar-refractivity contribution is 0.103. The van der Waals surface area contributed by atoms with Crippen LogP contribution in [0, 0.1) is 5.92 Å². The number of nitrogens with one attached hydrogen (secondary N) is 1. The van der Waals surface area contributed by atoms with E-state index in [9.17, 15) is 0 Å². The van der Waals surface area contributed by atoms with E-state index in [4.69, 9.17) is 0 Å². The quantitative estimate of drug-likeness (QED) is 0.753. The van der Waals surface area contributed by atoms with Crippen LogP contribution in [0.15, 0.2) is 0 Å². The highest BCUT2D eigenvalue weighted by molar-refractivity contribution is 4.82. The van der Waals surface area contributed by atoms with E-state index >= 15 is 0 Å². The average molecular weight is 212 g/mol. The van der Waals surface area contributed by atoms with Crippen LogP contribution in [0.1, 0.15) is 46.5 Å². The van der Waals surface area contributed by atoms with Crippen molar-refractivity contribution in [3.8, 4) is 0 Å². The second-order valence-electron chi connectivity index (χ2n) is 4.94. The molecule has 1 aliphatic heterocycles. The van der Waals surface area contributed by atoms with Gasteiger partial charge in [-0.2, -0.15) is 0 Å². The molecule has 0 saturated carbocycles. The van der Waals surface area contributed by atoms with E-state index in [-0.39, 0.29) is 0 Å². The molecular formula is C13H28N2. The number of nitrogens with zero attached hydrogens (tertiary/aromatic N) is 1. The van der Waals surface area contributed by atoms with Gasteiger partial charge in [-0.25, -0.2) is 0 Å². The Morgan fingerprint density at radius 1 is 1.33 bits per heavy atom. The first kappa shape index (κ1) is 13.0. The summed E-state index contributed by atoms with van der Waals surface area (Å²) in [4.78, 5) is 2.71. The van der Waals surface area contributed by atoms with Crippen molar-refractivity contribution in [2.75, 3.05) is 20.1 Å². The number of hydrogen-bond acceptors (Lipinski definition) is 2. The van der Waals surface area contributed by atoms with E-state index < -0.39 is 0 Å². The van der Waals surface area contributed by atoms with E-state index in [1.807, 2.05) is 0 Å². The van der Waals surface area contributed by atoms with Gasteiger partial charge in [-0.15, -0.1) is 0 Å². The smallest absolute Gasteiger partial charge is 0.00901 e. The molecular weight excluding hydrogens is 184 g/mol. The molecule has 2 heteroatoms. The van der Waals surface area contributed by atoms with Crippen LogP contribution in [0.25, 0.3) is 0 Å². The Morgan fingerprint density at radius 3 is 2.53 bits per heavy atom. The largest absolute Gasteiger partial charge is 0.317 e. The second kappa shape index (κ2) is 6.49. The topological polar surface area (TPSA) is 15.3 Å². The predicted molar refractivity (Wildman–Crippen MR) is 67.2 cm³/mol. The Labute approximate surface area is 95.4 Å². The summed E-state index contributed by atoms with van der Waals surface area (Å²) < 4.78 is 0. The first-order chi connectivity index (χ1) is 7.22. The molecule has 0 aromatic carbocycles. The lowest BCUT2D eigenvalue weighted by Crippen LogP contribution is -2.47. The molecule has 0 amide bonds. The maximum Gasteiger partial charge on any atom is 0.00901 e. The van der Waals surface area contributed by atoms with Gasteiger partial charge in [-0.05, 0) is 52.1 Å². The molecule has 90 valence electrons. The van der Waals surface area contributed by atoms with Crippen molar-refractivity contribution >= 4 is 0 Å². The van der Waals surface area contributed by atoms with Gasteiger partial charge in [-0.1, -0.05) is 13.8 Å². The Hall–Kier alpha value is -0.0800. The van der Waals surface area contributed by atoms with Crippen LogP contribution in [0.4, 0.5) is 0 Å². The molecule has 1 rings (SSSR count). The Bertz CT molecular complexity index is 166. The van der Waals surface area contributed by atoms with Gasteiger partial charge in [0.15, 0.2) is 0 Å². The summed E-state index contributed by atoms with van der Waals surface area (Å²) in [5, 5.41) is 3.40. The van der Waals surface area contributed by atoms with Gasteiger partial charge in [0, 0.05) is 18.6 Å². The van der Waals surface area contributed by atoms with Gasteiger partial charge < -0.3 is 10.2 Å². The van der Waals surface area contributed by atoms with Gasteiger partial charge in [-0.3, -0.25) is 0 Å². The Morgan fingerprint density at radius 2 is 2.00 bits per heavy atom. The number of piperidine rings is 1. The Balaban J connectivity index is 2.47. The summed E-state index contributed by atoms with van der Waals surface area (Å²) >= 11 is 0. The molecule has 0 aromatic rings. The van der Waals surface area contributed by atoms with Crippen molar-refractivity contribution < 1.29 is 0 Å². The first-order valence-electron chi connectivity index (χ1n) is 6.64. The van der Waals surface area contributed by atoms with Gasteiger partial charge in [0.1, 0.15) is 0 Å². The van der Waals surface area contributed by atoms with E-state index in [1.165, 1.54) is 38.8 Å². The molecule has 1 aliphatic rings. The van der Waals surface area contributed by atoms with Crippen LogP contribution in [-0.4, -0.2) is 37.1 Å². The normalized spacial score (nSPS) is 25.8. The lowest BCUT2D eigenvalue weighted by atomic mass is 9.90. The molecule has 2 nitrogen and oxygen atoms in total. The maximum absolute atomic E-state index is 3.40. The standard InChI is InChI=1S/C13H28N2/c1-5-13(6-2)15-9-7-8-12(10-15)11(3)14-4/h11-14H,5-10H2,1-4H3. The molecule has 15 heavy (non-hydrogen) atoms. The van der Waals surface area contributed by atoms with Crippen molar-refractivity contribution in [2.24, 2.45) is 5.92 Å². The minimum Gasteiger partial charge on any atom is -0.317 e. The first-order valence-corrected chi connectivity index (χ1v) is 6.64. The van der Waals surface area contributed by atoms with Gasteiger partial charge in [0.05, 0.1) is 0 Å². The van der Waals surface area contributed by atoms with Crippen molar-refractivity contribution in [3.05, 3.63) is 0 Å². The molecule has 1 heterocycles. The van der Waals surface area contributed by atoms with Crippen LogP contribution < -0.4 is 5.32 Å². The van der Waals surface area contributed by atoms with Crippen LogP contribution >= 0.6 is 0 Å². The fourth-order valence-corrected chi connectivity index (χ4v) is 2.82. The molecule has 0 radical (unpaired) electrons. The molecule has 0 bridgehead atoms. The molecule has 0 aliphatic carbocycles. The Kier molecular flexibility index (Phi) is 5.62. The third-order valence-corrected chi connectivity index (χ3v) is 4.11. The summed E-state index contributed by atoms with van der Waals surface area (Å²) in [7, 11) is 2.08. The minimum absolute atomic E-state index is 0.669. The second-order valence-corrected chi connectivity index (χ2v) is 4.94. The summed E-state index contributed by atoms with van der Waals surface area (Å²) in [5.74, 6) is 0.851. The maximum atomic E-state index is 3.40. The number of rotatable bonds is 5. The number of hydrogen-bond donors (Lipinski definition) is 1. The molecule has 1 N–H and O–H groups in total. The molecule has 1 fully saturated rings. The van der Waals surface area contributed by atoms with Crippen LogP contribution in [0.2, 0.25) is 0 Å². The zero-order chi connectivity index (χ0) is 11.3. The van der Waals surface area contributed by atoms with Crippen molar-refractivity contribution in [2.45, 2.75) is 58.5 Å². The fraction of sp³-hybridized carbons (Fsp3) is 1.00. The van der Waals surface area contributed by atoms with Crippen molar-refractivity contribution in [1.29, 1.82) is 0 Å². The predicted octanol–water partition coefficient (Wildman–Crippen LogP) is 2.49. The highest BCUT2D eigenvalue weighted by Crippen LogP contribution is 2.23. The molecule has 2 atom stereocenters. The SMILES string of the molecule is CCC(CC)N1CCCC(C(C)NC)C1. The van der Waals surface area contributed by atoms with E-state index in [0.717, 1.165) is 12.0 Å². The highest BCUT2D eigenvalue weighted by Gasteiger charge is 2.26. The van der Waals surface area contributed by atoms with Gasteiger partial charge in [0.25, 0.3) is 0 Å². The van der Waals surface area contributed by atoms with E-state index in [0.29, 0.717) is 6.04 Å².